The van der Waals surface area contributed by atoms with Crippen LogP contribution in [0.4, 0.5) is 5.69 Å². The molecule has 1 heterocycles. The monoisotopic (exact) mass is 442 g/mol. The molecule has 0 aromatic heterocycles. The first kappa shape index (κ1) is 21.9. The smallest absolute Gasteiger partial charge is 0.266 e. The third-order valence-corrected chi connectivity index (χ3v) is 6.03. The molecule has 1 N–H and O–H groups in total. The number of nitrogens with zero attached hydrogens (tertiary/aromatic N) is 1. The zero-order valence-corrected chi connectivity index (χ0v) is 18.7. The van der Waals surface area contributed by atoms with Crippen molar-refractivity contribution in [1.29, 1.82) is 0 Å². The van der Waals surface area contributed by atoms with Gasteiger partial charge < -0.3 is 14.8 Å². The quantitative estimate of drug-likeness (QED) is 0.533. The van der Waals surface area contributed by atoms with Gasteiger partial charge in [0.05, 0.1) is 19.1 Å². The van der Waals surface area contributed by atoms with E-state index in [1.807, 2.05) is 37.3 Å². The Morgan fingerprint density at radius 1 is 1.17 bits per heavy atom. The minimum absolute atomic E-state index is 0.298. The van der Waals surface area contributed by atoms with Gasteiger partial charge in [0.15, 0.2) is 11.5 Å². The molecule has 1 unspecified atom stereocenters. The molecule has 6 nitrogen and oxygen atoms in total. The lowest BCUT2D eigenvalue weighted by Crippen LogP contribution is -2.44. The predicted molar refractivity (Wildman–Crippen MR) is 124 cm³/mol. The van der Waals surface area contributed by atoms with E-state index in [2.05, 4.69) is 5.32 Å². The summed E-state index contributed by atoms with van der Waals surface area (Å²) in [6.07, 6.45) is 1.73. The largest absolute Gasteiger partial charge is 0.493 e. The van der Waals surface area contributed by atoms with E-state index in [9.17, 15) is 9.59 Å². The highest BCUT2D eigenvalue weighted by Gasteiger charge is 2.38. The molecule has 2 aromatic carbocycles. The molecule has 0 spiro atoms. The number of methoxy groups -OCH3 is 2. The Hall–Kier alpha value is -2.84. The van der Waals surface area contributed by atoms with Crippen LogP contribution in [0.15, 0.2) is 47.4 Å². The van der Waals surface area contributed by atoms with Gasteiger partial charge >= 0.3 is 0 Å². The van der Waals surface area contributed by atoms with Crippen molar-refractivity contribution in [2.45, 2.75) is 19.9 Å². The number of hydrogen-bond donors (Lipinski definition) is 1. The van der Waals surface area contributed by atoms with E-state index in [1.165, 1.54) is 16.7 Å². The number of carbonyl (C=O) groups excluding carboxylic acids is 2. The standard InChI is InChI=1S/C22H22N2O4S2/c1-13-7-5-6-8-16(13)23-20(25)14(2)24-21(26)19(30-22(24)29)12-15-9-10-17(27-3)18(11-15)28-4/h5-12,14H,1-4H3,(H,23,25)/b19-12-. The van der Waals surface area contributed by atoms with Crippen LogP contribution in [0.25, 0.3) is 6.08 Å². The van der Waals surface area contributed by atoms with Gasteiger partial charge in [-0.25, -0.2) is 0 Å². The lowest BCUT2D eigenvalue weighted by molar-refractivity contribution is -0.129. The van der Waals surface area contributed by atoms with Gasteiger partial charge in [-0.15, -0.1) is 0 Å². The minimum atomic E-state index is -0.742. The highest BCUT2D eigenvalue weighted by atomic mass is 32.2. The van der Waals surface area contributed by atoms with E-state index in [-0.39, 0.29) is 11.8 Å². The number of ether oxygens (including phenoxy) is 2. The van der Waals surface area contributed by atoms with Crippen molar-refractivity contribution in [2.75, 3.05) is 19.5 Å². The van der Waals surface area contributed by atoms with E-state index in [0.29, 0.717) is 26.4 Å². The Bertz CT molecular complexity index is 1040. The van der Waals surface area contributed by atoms with Gasteiger partial charge in [0.2, 0.25) is 5.91 Å². The normalized spacial score (nSPS) is 16.0. The Kier molecular flexibility index (Phi) is 6.79. The van der Waals surface area contributed by atoms with Crippen molar-refractivity contribution in [3.05, 3.63) is 58.5 Å². The van der Waals surface area contributed by atoms with Crippen molar-refractivity contribution < 1.29 is 19.1 Å². The molecule has 1 aliphatic heterocycles. The first-order chi connectivity index (χ1) is 14.3. The fraction of sp³-hybridized carbons (Fsp3) is 0.227. The summed E-state index contributed by atoms with van der Waals surface area (Å²) in [5, 5.41) is 2.87. The van der Waals surface area contributed by atoms with Crippen LogP contribution in [0, 0.1) is 6.92 Å². The molecular formula is C22H22N2O4S2. The van der Waals surface area contributed by atoms with Gasteiger partial charge in [0.25, 0.3) is 5.91 Å². The van der Waals surface area contributed by atoms with Gasteiger partial charge in [-0.2, -0.15) is 0 Å². The van der Waals surface area contributed by atoms with Crippen LogP contribution >= 0.6 is 24.0 Å². The zero-order chi connectivity index (χ0) is 21.8. The van der Waals surface area contributed by atoms with E-state index < -0.39 is 6.04 Å². The average molecular weight is 443 g/mol. The summed E-state index contributed by atoms with van der Waals surface area (Å²) in [4.78, 5) is 27.5. The molecule has 30 heavy (non-hydrogen) atoms. The molecule has 2 amide bonds. The second-order valence-electron chi connectivity index (χ2n) is 6.65. The minimum Gasteiger partial charge on any atom is -0.493 e. The fourth-order valence-electron chi connectivity index (χ4n) is 2.98. The summed E-state index contributed by atoms with van der Waals surface area (Å²) in [6.45, 7) is 3.57. The third-order valence-electron chi connectivity index (χ3n) is 4.70. The van der Waals surface area contributed by atoms with Crippen LogP contribution in [0.3, 0.4) is 0 Å². The van der Waals surface area contributed by atoms with Crippen molar-refractivity contribution in [1.82, 2.24) is 4.90 Å². The number of para-hydroxylation sites is 1. The number of nitrogens with one attached hydrogen (secondary N) is 1. The molecule has 0 bridgehead atoms. The van der Waals surface area contributed by atoms with Crippen molar-refractivity contribution >= 4 is 51.9 Å². The van der Waals surface area contributed by atoms with Gasteiger partial charge in [-0.1, -0.05) is 48.2 Å². The summed E-state index contributed by atoms with van der Waals surface area (Å²) < 4.78 is 10.9. The first-order valence-electron chi connectivity index (χ1n) is 9.21. The topological polar surface area (TPSA) is 67.9 Å². The Morgan fingerprint density at radius 2 is 1.87 bits per heavy atom. The van der Waals surface area contributed by atoms with Crippen LogP contribution in [0.2, 0.25) is 0 Å². The molecule has 0 aliphatic carbocycles. The van der Waals surface area contributed by atoms with E-state index in [4.69, 9.17) is 21.7 Å². The zero-order valence-electron chi connectivity index (χ0n) is 17.1. The number of carbonyl (C=O) groups is 2. The predicted octanol–water partition coefficient (Wildman–Crippen LogP) is 4.24. The number of amides is 2. The fourth-order valence-corrected chi connectivity index (χ4v) is 4.39. The molecule has 8 heteroatoms. The third kappa shape index (κ3) is 4.49. The number of anilines is 1. The highest BCUT2D eigenvalue weighted by Crippen LogP contribution is 2.35. The Morgan fingerprint density at radius 3 is 2.53 bits per heavy atom. The van der Waals surface area contributed by atoms with E-state index in [0.717, 1.165) is 11.1 Å². The lowest BCUT2D eigenvalue weighted by atomic mass is 10.1. The maximum Gasteiger partial charge on any atom is 0.266 e. The summed E-state index contributed by atoms with van der Waals surface area (Å²) in [5.41, 5.74) is 2.42. The Balaban J connectivity index is 1.79. The van der Waals surface area contributed by atoms with Crippen molar-refractivity contribution in [2.24, 2.45) is 0 Å². The number of rotatable bonds is 6. The molecule has 1 saturated heterocycles. The highest BCUT2D eigenvalue weighted by molar-refractivity contribution is 8.26. The van der Waals surface area contributed by atoms with Crippen LogP contribution in [0.5, 0.6) is 11.5 Å². The molecule has 2 aromatic rings. The molecule has 0 radical (unpaired) electrons. The van der Waals surface area contributed by atoms with Crippen molar-refractivity contribution in [3.8, 4) is 11.5 Å². The Labute approximate surface area is 185 Å². The molecule has 1 aliphatic rings. The maximum absolute atomic E-state index is 13.0. The average Bonchev–Trinajstić information content (AvgIpc) is 3.01. The van der Waals surface area contributed by atoms with Crippen molar-refractivity contribution in [3.63, 3.8) is 0 Å². The maximum atomic E-state index is 13.0. The first-order valence-corrected chi connectivity index (χ1v) is 10.4. The van der Waals surface area contributed by atoms with Crippen LogP contribution < -0.4 is 14.8 Å². The summed E-state index contributed by atoms with van der Waals surface area (Å²) in [7, 11) is 3.11. The number of hydrogen-bond acceptors (Lipinski definition) is 6. The number of benzene rings is 2. The van der Waals surface area contributed by atoms with Gasteiger partial charge in [-0.05, 0) is 49.2 Å². The summed E-state index contributed by atoms with van der Waals surface area (Å²) in [5.74, 6) is 0.566. The van der Waals surface area contributed by atoms with Crippen LogP contribution in [0.1, 0.15) is 18.1 Å². The molecular weight excluding hydrogens is 420 g/mol. The van der Waals surface area contributed by atoms with Gasteiger partial charge in [0.1, 0.15) is 10.4 Å². The molecule has 156 valence electrons. The van der Waals surface area contributed by atoms with Gasteiger partial charge in [0, 0.05) is 5.69 Å². The van der Waals surface area contributed by atoms with Crippen LogP contribution in [-0.4, -0.2) is 41.3 Å². The second kappa shape index (κ2) is 9.32. The molecule has 0 saturated carbocycles. The number of thioether (sulfide) groups is 1. The van der Waals surface area contributed by atoms with Gasteiger partial charge in [-0.3, -0.25) is 14.5 Å². The SMILES string of the molecule is COc1ccc(/C=C2\SC(=S)N(C(C)C(=O)Nc3ccccc3C)C2=O)cc1OC. The molecule has 1 fully saturated rings. The van der Waals surface area contributed by atoms with Crippen LogP contribution in [-0.2, 0) is 9.59 Å². The number of thiocarbonyl (C=S) groups is 1. The van der Waals surface area contributed by atoms with E-state index >= 15 is 0 Å². The summed E-state index contributed by atoms with van der Waals surface area (Å²) in [6, 6.07) is 12.1. The number of aryl methyl sites for hydroxylation is 1. The van der Waals surface area contributed by atoms with E-state index in [1.54, 1.807) is 39.4 Å². The second-order valence-corrected chi connectivity index (χ2v) is 8.32. The molecule has 3 rings (SSSR count). The molecule has 1 atom stereocenters. The summed E-state index contributed by atoms with van der Waals surface area (Å²) >= 11 is 6.56. The lowest BCUT2D eigenvalue weighted by Gasteiger charge is -2.22.